The number of carbonyl (C=O) groups is 4. The van der Waals surface area contributed by atoms with Gasteiger partial charge in [0, 0.05) is 0 Å². The van der Waals surface area contributed by atoms with Gasteiger partial charge in [-0.1, -0.05) is 0 Å². The number of carboxylic acids is 4. The van der Waals surface area contributed by atoms with E-state index >= 15 is 0 Å². The van der Waals surface area contributed by atoms with E-state index in [1.54, 1.807) is 0 Å². The summed E-state index contributed by atoms with van der Waals surface area (Å²) in [7, 11) is 0. The Morgan fingerprint density at radius 3 is 1.00 bits per heavy atom. The van der Waals surface area contributed by atoms with Gasteiger partial charge in [0.15, 0.2) is 18.1 Å². The van der Waals surface area contributed by atoms with Crippen molar-refractivity contribution >= 4 is 23.9 Å². The fourth-order valence-corrected chi connectivity index (χ4v) is 0.946. The van der Waals surface area contributed by atoms with E-state index in [1.165, 1.54) is 0 Å². The molecule has 12 nitrogen and oxygen atoms in total. The van der Waals surface area contributed by atoms with Gasteiger partial charge >= 0.3 is 23.9 Å². The summed E-state index contributed by atoms with van der Waals surface area (Å²) in [5, 5.41) is 66.8. The molecule has 128 valence electrons. The Morgan fingerprint density at radius 1 is 0.636 bits per heavy atom. The fourth-order valence-electron chi connectivity index (χ4n) is 0.946. The van der Waals surface area contributed by atoms with Gasteiger partial charge in [-0.25, -0.2) is 9.59 Å². The number of aliphatic hydroxyl groups is 4. The van der Waals surface area contributed by atoms with Gasteiger partial charge in [0.25, 0.3) is 0 Å². The highest BCUT2D eigenvalue weighted by atomic mass is 16.4. The van der Waals surface area contributed by atoms with E-state index in [1.807, 2.05) is 0 Å². The van der Waals surface area contributed by atoms with E-state index in [4.69, 9.17) is 40.9 Å². The number of aliphatic carboxylic acids is 4. The zero-order chi connectivity index (χ0) is 18.2. The second-order valence-electron chi connectivity index (χ2n) is 3.95. The molecule has 4 unspecified atom stereocenters. The monoisotopic (exact) mass is 328 g/mol. The van der Waals surface area contributed by atoms with Crippen LogP contribution in [-0.4, -0.2) is 89.1 Å². The summed E-state index contributed by atoms with van der Waals surface area (Å²) < 4.78 is 0. The van der Waals surface area contributed by atoms with Crippen molar-refractivity contribution in [2.45, 2.75) is 31.3 Å². The molecule has 0 radical (unpaired) electrons. The average Bonchev–Trinajstić information content (AvgIpc) is 2.36. The highest BCUT2D eigenvalue weighted by Gasteiger charge is 2.36. The Kier molecular flexibility index (Phi) is 9.62. The Morgan fingerprint density at radius 2 is 0.909 bits per heavy atom. The molecule has 0 aromatic heterocycles. The summed E-state index contributed by atoms with van der Waals surface area (Å²) in [6.07, 6.45) is -7.71. The van der Waals surface area contributed by atoms with Crippen molar-refractivity contribution in [1.29, 1.82) is 0 Å². The van der Waals surface area contributed by atoms with Gasteiger partial charge in [0.05, 0.1) is 6.10 Å². The number of carboxylic acid groups (broad SMARTS) is 4. The van der Waals surface area contributed by atoms with Gasteiger partial charge in [-0.05, 0) is 6.92 Å². The Balaban J connectivity index is 0. The van der Waals surface area contributed by atoms with Gasteiger partial charge in [-0.2, -0.15) is 0 Å². The van der Waals surface area contributed by atoms with Crippen molar-refractivity contribution in [1.82, 2.24) is 0 Å². The SMILES string of the molecule is CC(O)C(O)C(C(=O)O)C(=O)O.O=C(O)C(O)C(O)C(=O)O. The first kappa shape index (κ1) is 22.0. The van der Waals surface area contributed by atoms with Crippen LogP contribution in [0.15, 0.2) is 0 Å². The predicted octanol–water partition coefficient (Wildman–Crippen LogP) is -3.61. The third kappa shape index (κ3) is 7.49. The second kappa shape index (κ2) is 9.62. The first-order chi connectivity index (χ1) is 9.84. The highest BCUT2D eigenvalue weighted by Crippen LogP contribution is 2.08. The number of hydrogen-bond donors (Lipinski definition) is 8. The van der Waals surface area contributed by atoms with Crippen LogP contribution >= 0.6 is 0 Å². The lowest BCUT2D eigenvalue weighted by atomic mass is 9.99. The third-order valence-electron chi connectivity index (χ3n) is 2.17. The first-order valence-corrected chi connectivity index (χ1v) is 5.48. The van der Waals surface area contributed by atoms with Crippen LogP contribution in [0.2, 0.25) is 0 Å². The van der Waals surface area contributed by atoms with Crippen LogP contribution in [0.5, 0.6) is 0 Å². The van der Waals surface area contributed by atoms with E-state index in [-0.39, 0.29) is 0 Å². The number of hydrogen-bond acceptors (Lipinski definition) is 8. The molecule has 22 heavy (non-hydrogen) atoms. The Labute approximate surface area is 122 Å². The molecule has 8 N–H and O–H groups in total. The minimum absolute atomic E-state index is 1.11. The van der Waals surface area contributed by atoms with Crippen LogP contribution in [0.3, 0.4) is 0 Å². The van der Waals surface area contributed by atoms with Crippen LogP contribution < -0.4 is 0 Å². The largest absolute Gasteiger partial charge is 0.481 e. The summed E-state index contributed by atoms with van der Waals surface area (Å²) in [6, 6.07) is 0. The molecule has 0 fully saturated rings. The predicted molar refractivity (Wildman–Crippen MR) is 63.7 cm³/mol. The number of rotatable bonds is 7. The highest BCUT2D eigenvalue weighted by molar-refractivity contribution is 5.93. The zero-order valence-electron chi connectivity index (χ0n) is 11.1. The molecular weight excluding hydrogens is 312 g/mol. The molecule has 0 saturated carbocycles. The molecule has 0 bridgehead atoms. The minimum atomic E-state index is -2.27. The molecule has 0 saturated heterocycles. The maximum atomic E-state index is 10.2. The topological polar surface area (TPSA) is 230 Å². The lowest BCUT2D eigenvalue weighted by molar-refractivity contribution is -0.165. The molecule has 0 spiro atoms. The van der Waals surface area contributed by atoms with Crippen molar-refractivity contribution in [2.24, 2.45) is 5.92 Å². The Bertz CT molecular complexity index is 384. The number of aliphatic hydroxyl groups excluding tert-OH is 4. The molecule has 0 aliphatic carbocycles. The van der Waals surface area contributed by atoms with Crippen LogP contribution in [-0.2, 0) is 19.2 Å². The molecule has 0 aliphatic heterocycles. The summed E-state index contributed by atoms with van der Waals surface area (Å²) >= 11 is 0. The molecule has 0 amide bonds. The fraction of sp³-hybridized carbons (Fsp3) is 0.600. The summed E-state index contributed by atoms with van der Waals surface area (Å²) in [6.45, 7) is 1.11. The second-order valence-corrected chi connectivity index (χ2v) is 3.95. The zero-order valence-corrected chi connectivity index (χ0v) is 11.1. The maximum Gasteiger partial charge on any atom is 0.335 e. The molecule has 12 heteroatoms. The van der Waals surface area contributed by atoms with Gasteiger partial charge in [-0.15, -0.1) is 0 Å². The van der Waals surface area contributed by atoms with E-state index in [2.05, 4.69) is 0 Å². The normalized spacial score (nSPS) is 15.7. The van der Waals surface area contributed by atoms with Gasteiger partial charge < -0.3 is 40.9 Å². The summed E-state index contributed by atoms with van der Waals surface area (Å²) in [5.41, 5.74) is 0. The quantitative estimate of drug-likeness (QED) is 0.212. The van der Waals surface area contributed by atoms with E-state index < -0.39 is 54.2 Å². The van der Waals surface area contributed by atoms with Crippen LogP contribution in [0.1, 0.15) is 6.92 Å². The molecule has 0 heterocycles. The minimum Gasteiger partial charge on any atom is -0.481 e. The molecular formula is C10H16O12. The average molecular weight is 328 g/mol. The Hall–Kier alpha value is -2.28. The van der Waals surface area contributed by atoms with Crippen molar-refractivity contribution in [3.63, 3.8) is 0 Å². The smallest absolute Gasteiger partial charge is 0.335 e. The molecule has 0 aliphatic rings. The van der Waals surface area contributed by atoms with Crippen molar-refractivity contribution in [3.8, 4) is 0 Å². The molecule has 0 aromatic carbocycles. The van der Waals surface area contributed by atoms with Gasteiger partial charge in [0.2, 0.25) is 0 Å². The third-order valence-corrected chi connectivity index (χ3v) is 2.17. The van der Waals surface area contributed by atoms with Crippen molar-refractivity contribution in [2.75, 3.05) is 0 Å². The van der Waals surface area contributed by atoms with E-state index in [9.17, 15) is 19.2 Å². The summed E-state index contributed by atoms with van der Waals surface area (Å²) in [4.78, 5) is 40.0. The summed E-state index contributed by atoms with van der Waals surface area (Å²) in [5.74, 6) is -8.86. The first-order valence-electron chi connectivity index (χ1n) is 5.48. The lowest BCUT2D eigenvalue weighted by Crippen LogP contribution is -2.41. The molecule has 0 rings (SSSR count). The van der Waals surface area contributed by atoms with E-state index in [0.29, 0.717) is 0 Å². The van der Waals surface area contributed by atoms with E-state index in [0.717, 1.165) is 6.92 Å². The molecule has 4 atom stereocenters. The molecule has 0 aromatic rings. The van der Waals surface area contributed by atoms with Gasteiger partial charge in [-0.3, -0.25) is 9.59 Å². The lowest BCUT2D eigenvalue weighted by Gasteiger charge is -2.17. The van der Waals surface area contributed by atoms with Crippen molar-refractivity contribution < 1.29 is 60.0 Å². The van der Waals surface area contributed by atoms with Crippen LogP contribution in [0.25, 0.3) is 0 Å². The van der Waals surface area contributed by atoms with Crippen molar-refractivity contribution in [3.05, 3.63) is 0 Å². The standard InChI is InChI=1S/C6H10O6.C4H6O6/c1-2(7)4(8)3(5(9)10)6(11)12;5-1(3(7)8)2(6)4(9)10/h2-4,7-8H,1H3,(H,9,10)(H,11,12);1-2,5-6H,(H,7,8)(H,9,10). The van der Waals surface area contributed by atoms with Crippen LogP contribution in [0.4, 0.5) is 0 Å². The van der Waals surface area contributed by atoms with Gasteiger partial charge in [0.1, 0.15) is 6.10 Å². The van der Waals surface area contributed by atoms with Crippen LogP contribution in [0, 0.1) is 5.92 Å². The maximum absolute atomic E-state index is 10.2.